The maximum absolute atomic E-state index is 12.3. The van der Waals surface area contributed by atoms with Gasteiger partial charge in [0.2, 0.25) is 0 Å². The predicted octanol–water partition coefficient (Wildman–Crippen LogP) is 4.53. The molecular formula is C16H11ClN4OS. The zero-order valence-corrected chi connectivity index (χ0v) is 13.3. The van der Waals surface area contributed by atoms with Crippen molar-refractivity contribution in [1.82, 2.24) is 15.2 Å². The molecule has 0 aliphatic carbocycles. The van der Waals surface area contributed by atoms with Gasteiger partial charge in [0.1, 0.15) is 5.69 Å². The Kier molecular flexibility index (Phi) is 3.40. The Morgan fingerprint density at radius 3 is 2.96 bits per heavy atom. The number of thiophene rings is 1. The van der Waals surface area contributed by atoms with Crippen molar-refractivity contribution in [3.63, 3.8) is 0 Å². The van der Waals surface area contributed by atoms with E-state index in [2.05, 4.69) is 20.5 Å². The van der Waals surface area contributed by atoms with Gasteiger partial charge >= 0.3 is 0 Å². The van der Waals surface area contributed by atoms with Gasteiger partial charge in [-0.3, -0.25) is 9.89 Å². The molecule has 0 atom stereocenters. The van der Waals surface area contributed by atoms with Crippen LogP contribution in [0.5, 0.6) is 0 Å². The number of carbonyl (C=O) groups is 1. The van der Waals surface area contributed by atoms with Gasteiger partial charge in [-0.05, 0) is 29.6 Å². The number of fused-ring (bicyclic) bond motifs is 1. The van der Waals surface area contributed by atoms with Gasteiger partial charge in [-0.2, -0.15) is 5.10 Å². The lowest BCUT2D eigenvalue weighted by Gasteiger charge is -1.98. The Morgan fingerprint density at radius 1 is 1.22 bits per heavy atom. The Labute approximate surface area is 140 Å². The van der Waals surface area contributed by atoms with Crippen molar-refractivity contribution in [3.05, 3.63) is 58.6 Å². The number of nitrogens with zero attached hydrogens (tertiary/aromatic N) is 1. The summed E-state index contributed by atoms with van der Waals surface area (Å²) in [5.74, 6) is 0.233. The topological polar surface area (TPSA) is 73.6 Å². The number of carbonyl (C=O) groups excluding carboxylic acids is 1. The van der Waals surface area contributed by atoms with Gasteiger partial charge in [0.05, 0.1) is 10.6 Å². The first-order valence-corrected chi connectivity index (χ1v) is 8.14. The van der Waals surface area contributed by atoms with E-state index < -0.39 is 0 Å². The molecule has 1 aromatic carbocycles. The van der Waals surface area contributed by atoms with E-state index in [4.69, 9.17) is 11.6 Å². The Bertz CT molecular complexity index is 987. The molecule has 4 rings (SSSR count). The fourth-order valence-corrected chi connectivity index (χ4v) is 3.21. The second-order valence-electron chi connectivity index (χ2n) is 5.01. The largest absolute Gasteiger partial charge is 0.350 e. The molecule has 0 saturated carbocycles. The lowest BCUT2D eigenvalue weighted by Crippen LogP contribution is -2.12. The van der Waals surface area contributed by atoms with Gasteiger partial charge in [0.25, 0.3) is 5.91 Å². The third-order valence-electron chi connectivity index (χ3n) is 3.44. The van der Waals surface area contributed by atoms with Crippen LogP contribution < -0.4 is 5.32 Å². The number of anilines is 1. The van der Waals surface area contributed by atoms with E-state index >= 15 is 0 Å². The maximum atomic E-state index is 12.3. The molecule has 3 N–H and O–H groups in total. The minimum Gasteiger partial charge on any atom is -0.350 e. The van der Waals surface area contributed by atoms with Crippen LogP contribution in [0.25, 0.3) is 21.5 Å². The predicted molar refractivity (Wildman–Crippen MR) is 93.2 cm³/mol. The second-order valence-corrected chi connectivity index (χ2v) is 6.40. The number of nitrogens with one attached hydrogen (secondary N) is 3. The summed E-state index contributed by atoms with van der Waals surface area (Å²) in [5, 5.41) is 13.4. The standard InChI is InChI=1S/C16H11ClN4OS/c17-10-4-3-9-6-13(18-11(9)7-10)16(22)19-15-8-12(20-21-15)14-2-1-5-23-14/h1-8,18H,(H2,19,20,21,22). The van der Waals surface area contributed by atoms with Gasteiger partial charge < -0.3 is 10.3 Å². The van der Waals surface area contributed by atoms with Gasteiger partial charge in [-0.25, -0.2) is 0 Å². The van der Waals surface area contributed by atoms with E-state index in [1.54, 1.807) is 29.5 Å². The molecule has 23 heavy (non-hydrogen) atoms. The van der Waals surface area contributed by atoms with Gasteiger partial charge in [0, 0.05) is 22.0 Å². The van der Waals surface area contributed by atoms with Crippen LogP contribution in [0, 0.1) is 0 Å². The van der Waals surface area contributed by atoms with Crippen molar-refractivity contribution in [2.45, 2.75) is 0 Å². The molecule has 0 spiro atoms. The van der Waals surface area contributed by atoms with E-state index in [1.807, 2.05) is 29.6 Å². The normalized spacial score (nSPS) is 11.0. The van der Waals surface area contributed by atoms with Crippen LogP contribution in [0.15, 0.2) is 47.8 Å². The van der Waals surface area contributed by atoms with Crippen LogP contribution in [-0.4, -0.2) is 21.1 Å². The molecule has 0 aliphatic rings. The molecule has 5 nitrogen and oxygen atoms in total. The fraction of sp³-hybridized carbons (Fsp3) is 0. The van der Waals surface area contributed by atoms with Crippen molar-refractivity contribution >= 4 is 45.6 Å². The van der Waals surface area contributed by atoms with Crippen LogP contribution in [0.1, 0.15) is 10.5 Å². The number of aromatic nitrogens is 3. The first-order chi connectivity index (χ1) is 11.2. The van der Waals surface area contributed by atoms with E-state index in [0.29, 0.717) is 16.5 Å². The summed E-state index contributed by atoms with van der Waals surface area (Å²) >= 11 is 7.56. The van der Waals surface area contributed by atoms with Crippen LogP contribution in [0.3, 0.4) is 0 Å². The minimum atomic E-state index is -0.249. The number of hydrogen-bond donors (Lipinski definition) is 3. The summed E-state index contributed by atoms with van der Waals surface area (Å²) in [4.78, 5) is 16.5. The third kappa shape index (κ3) is 2.74. The van der Waals surface area contributed by atoms with Crippen LogP contribution in [0.4, 0.5) is 5.82 Å². The minimum absolute atomic E-state index is 0.249. The molecule has 0 aliphatic heterocycles. The molecule has 114 valence electrons. The molecule has 0 radical (unpaired) electrons. The first-order valence-electron chi connectivity index (χ1n) is 6.88. The Morgan fingerprint density at radius 2 is 2.13 bits per heavy atom. The molecule has 3 heterocycles. The quantitative estimate of drug-likeness (QED) is 0.512. The lowest BCUT2D eigenvalue weighted by atomic mass is 10.2. The Balaban J connectivity index is 1.57. The van der Waals surface area contributed by atoms with Crippen LogP contribution >= 0.6 is 22.9 Å². The smallest absolute Gasteiger partial charge is 0.273 e. The number of hydrogen-bond acceptors (Lipinski definition) is 3. The molecule has 0 fully saturated rings. The first kappa shape index (κ1) is 14.0. The third-order valence-corrected chi connectivity index (χ3v) is 4.57. The summed E-state index contributed by atoms with van der Waals surface area (Å²) < 4.78 is 0. The van der Waals surface area contributed by atoms with E-state index in [-0.39, 0.29) is 5.91 Å². The summed E-state index contributed by atoms with van der Waals surface area (Å²) in [6.07, 6.45) is 0. The number of halogens is 1. The van der Waals surface area contributed by atoms with Crippen molar-refractivity contribution in [2.24, 2.45) is 0 Å². The molecule has 1 amide bonds. The van der Waals surface area contributed by atoms with E-state index in [1.165, 1.54) is 0 Å². The van der Waals surface area contributed by atoms with Gasteiger partial charge in [-0.15, -0.1) is 11.3 Å². The summed E-state index contributed by atoms with van der Waals surface area (Å²) in [6, 6.07) is 13.0. The SMILES string of the molecule is O=C(Nc1cc(-c2cccs2)[nH]n1)c1cc2ccc(Cl)cc2[nH]1. The maximum Gasteiger partial charge on any atom is 0.273 e. The molecule has 0 saturated heterocycles. The van der Waals surface area contributed by atoms with Crippen molar-refractivity contribution in [2.75, 3.05) is 5.32 Å². The molecule has 0 unspecified atom stereocenters. The van der Waals surface area contributed by atoms with Crippen molar-refractivity contribution in [3.8, 4) is 10.6 Å². The van der Waals surface area contributed by atoms with Crippen LogP contribution in [-0.2, 0) is 0 Å². The molecule has 4 aromatic rings. The average molecular weight is 343 g/mol. The zero-order chi connectivity index (χ0) is 15.8. The number of amides is 1. The number of aromatic amines is 2. The molecular weight excluding hydrogens is 332 g/mol. The average Bonchev–Trinajstić information content (AvgIpc) is 3.26. The molecule has 3 aromatic heterocycles. The van der Waals surface area contributed by atoms with Crippen molar-refractivity contribution < 1.29 is 4.79 Å². The van der Waals surface area contributed by atoms with Gasteiger partial charge in [0.15, 0.2) is 5.82 Å². The van der Waals surface area contributed by atoms with E-state index in [9.17, 15) is 4.79 Å². The second kappa shape index (κ2) is 5.57. The monoisotopic (exact) mass is 342 g/mol. The Hall–Kier alpha value is -2.57. The van der Waals surface area contributed by atoms with Gasteiger partial charge in [-0.1, -0.05) is 23.7 Å². The molecule has 7 heteroatoms. The highest BCUT2D eigenvalue weighted by atomic mass is 35.5. The van der Waals surface area contributed by atoms with Crippen LogP contribution in [0.2, 0.25) is 5.02 Å². The van der Waals surface area contributed by atoms with E-state index in [0.717, 1.165) is 21.5 Å². The number of H-pyrrole nitrogens is 2. The lowest BCUT2D eigenvalue weighted by molar-refractivity contribution is 0.102. The van der Waals surface area contributed by atoms with Crippen molar-refractivity contribution in [1.29, 1.82) is 0 Å². The number of rotatable bonds is 3. The fourth-order valence-electron chi connectivity index (χ4n) is 2.35. The zero-order valence-electron chi connectivity index (χ0n) is 11.8. The number of benzene rings is 1. The summed E-state index contributed by atoms with van der Waals surface area (Å²) in [6.45, 7) is 0. The highest BCUT2D eigenvalue weighted by Gasteiger charge is 2.12. The molecule has 0 bridgehead atoms. The summed E-state index contributed by atoms with van der Waals surface area (Å²) in [5.41, 5.74) is 2.16. The highest BCUT2D eigenvalue weighted by molar-refractivity contribution is 7.13. The summed E-state index contributed by atoms with van der Waals surface area (Å²) in [7, 11) is 0. The highest BCUT2D eigenvalue weighted by Crippen LogP contribution is 2.25.